The molecule has 0 unspecified atom stereocenters. The second kappa shape index (κ2) is 7.53. The van der Waals surface area contributed by atoms with Crippen LogP contribution in [0.15, 0.2) is 24.3 Å². The van der Waals surface area contributed by atoms with Gasteiger partial charge in [-0.1, -0.05) is 31.4 Å². The first-order valence-corrected chi connectivity index (χ1v) is 7.78. The standard InChI is InChI=1S/C17H27NO2/c1-13(19)12-16(14-8-4-3-5-9-14)18-15-10-6-7-11-17(15)20-2/h6-7,10-11,13-14,16,18-19H,3-5,8-9,12H2,1-2H3/t13-,16+/m1/s1. The first kappa shape index (κ1) is 15.2. The molecule has 1 aliphatic rings. The third kappa shape index (κ3) is 4.14. The van der Waals surface area contributed by atoms with Crippen LogP contribution >= 0.6 is 0 Å². The lowest BCUT2D eigenvalue weighted by Gasteiger charge is -2.33. The maximum atomic E-state index is 9.79. The van der Waals surface area contributed by atoms with Crippen LogP contribution in [0.4, 0.5) is 5.69 Å². The van der Waals surface area contributed by atoms with E-state index in [1.807, 2.05) is 25.1 Å². The van der Waals surface area contributed by atoms with Gasteiger partial charge in [-0.25, -0.2) is 0 Å². The van der Waals surface area contributed by atoms with E-state index in [9.17, 15) is 5.11 Å². The molecule has 0 heterocycles. The summed E-state index contributed by atoms with van der Waals surface area (Å²) in [6, 6.07) is 8.35. The van der Waals surface area contributed by atoms with E-state index in [0.29, 0.717) is 12.0 Å². The maximum Gasteiger partial charge on any atom is 0.141 e. The Balaban J connectivity index is 2.09. The van der Waals surface area contributed by atoms with E-state index in [1.165, 1.54) is 32.1 Å². The molecular formula is C17H27NO2. The number of ether oxygens (including phenoxy) is 1. The Hall–Kier alpha value is -1.22. The summed E-state index contributed by atoms with van der Waals surface area (Å²) in [7, 11) is 1.70. The fourth-order valence-electron chi connectivity index (χ4n) is 3.24. The number of benzene rings is 1. The molecule has 1 aromatic rings. The molecule has 0 aromatic heterocycles. The van der Waals surface area contributed by atoms with Crippen LogP contribution in [-0.4, -0.2) is 24.4 Å². The van der Waals surface area contributed by atoms with Crippen molar-refractivity contribution in [2.24, 2.45) is 5.92 Å². The highest BCUT2D eigenvalue weighted by molar-refractivity contribution is 5.56. The minimum Gasteiger partial charge on any atom is -0.495 e. The normalized spacial score (nSPS) is 19.4. The third-order valence-electron chi connectivity index (χ3n) is 4.26. The highest BCUT2D eigenvalue weighted by Gasteiger charge is 2.25. The number of hydrogen-bond acceptors (Lipinski definition) is 3. The molecule has 2 N–H and O–H groups in total. The minimum atomic E-state index is -0.274. The highest BCUT2D eigenvalue weighted by Crippen LogP contribution is 2.32. The number of aliphatic hydroxyl groups is 1. The Labute approximate surface area is 122 Å². The van der Waals surface area contributed by atoms with Crippen LogP contribution in [0.25, 0.3) is 0 Å². The van der Waals surface area contributed by atoms with E-state index in [1.54, 1.807) is 7.11 Å². The van der Waals surface area contributed by atoms with Gasteiger partial charge < -0.3 is 15.2 Å². The van der Waals surface area contributed by atoms with Crippen molar-refractivity contribution in [3.63, 3.8) is 0 Å². The van der Waals surface area contributed by atoms with Crippen molar-refractivity contribution in [2.45, 2.75) is 57.6 Å². The zero-order valence-corrected chi connectivity index (χ0v) is 12.6. The Bertz CT molecular complexity index is 400. The fourth-order valence-corrected chi connectivity index (χ4v) is 3.24. The van der Waals surface area contributed by atoms with Crippen LogP contribution in [-0.2, 0) is 0 Å². The summed E-state index contributed by atoms with van der Waals surface area (Å²) in [5, 5.41) is 13.4. The number of anilines is 1. The molecule has 112 valence electrons. The van der Waals surface area contributed by atoms with Gasteiger partial charge in [-0.3, -0.25) is 0 Å². The van der Waals surface area contributed by atoms with Crippen molar-refractivity contribution < 1.29 is 9.84 Å². The molecular weight excluding hydrogens is 250 g/mol. The van der Waals surface area contributed by atoms with Crippen LogP contribution in [0.5, 0.6) is 5.75 Å². The van der Waals surface area contributed by atoms with Crippen molar-refractivity contribution in [1.29, 1.82) is 0 Å². The van der Waals surface area contributed by atoms with Crippen molar-refractivity contribution in [3.05, 3.63) is 24.3 Å². The lowest BCUT2D eigenvalue weighted by molar-refractivity contribution is 0.159. The Kier molecular flexibility index (Phi) is 5.72. The Morgan fingerprint density at radius 3 is 2.60 bits per heavy atom. The Morgan fingerprint density at radius 1 is 1.25 bits per heavy atom. The topological polar surface area (TPSA) is 41.5 Å². The molecule has 2 rings (SSSR count). The summed E-state index contributed by atoms with van der Waals surface area (Å²) in [6.07, 6.45) is 7.03. The molecule has 0 aliphatic heterocycles. The first-order valence-electron chi connectivity index (χ1n) is 7.78. The van der Waals surface area contributed by atoms with Crippen LogP contribution in [0.3, 0.4) is 0 Å². The molecule has 1 saturated carbocycles. The van der Waals surface area contributed by atoms with Gasteiger partial charge >= 0.3 is 0 Å². The number of hydrogen-bond donors (Lipinski definition) is 2. The minimum absolute atomic E-state index is 0.274. The number of nitrogens with one attached hydrogen (secondary N) is 1. The SMILES string of the molecule is COc1ccccc1N[C@@H](C[C@@H](C)O)C1CCCCC1. The molecule has 20 heavy (non-hydrogen) atoms. The summed E-state index contributed by atoms with van der Waals surface area (Å²) < 4.78 is 5.41. The summed E-state index contributed by atoms with van der Waals surface area (Å²) >= 11 is 0. The van der Waals surface area contributed by atoms with Crippen molar-refractivity contribution in [3.8, 4) is 5.75 Å². The average Bonchev–Trinajstić information content (AvgIpc) is 2.47. The van der Waals surface area contributed by atoms with E-state index in [2.05, 4.69) is 11.4 Å². The summed E-state index contributed by atoms with van der Waals surface area (Å²) in [5.41, 5.74) is 1.03. The van der Waals surface area contributed by atoms with Crippen molar-refractivity contribution in [2.75, 3.05) is 12.4 Å². The van der Waals surface area contributed by atoms with Crippen molar-refractivity contribution >= 4 is 5.69 Å². The molecule has 0 saturated heterocycles. The van der Waals surface area contributed by atoms with Crippen LogP contribution in [0, 0.1) is 5.92 Å². The third-order valence-corrected chi connectivity index (χ3v) is 4.26. The lowest BCUT2D eigenvalue weighted by Crippen LogP contribution is -2.33. The lowest BCUT2D eigenvalue weighted by atomic mass is 9.82. The van der Waals surface area contributed by atoms with E-state index >= 15 is 0 Å². The van der Waals surface area contributed by atoms with Crippen LogP contribution in [0.2, 0.25) is 0 Å². The smallest absolute Gasteiger partial charge is 0.141 e. The predicted octanol–water partition coefficient (Wildman–Crippen LogP) is 3.83. The van der Waals surface area contributed by atoms with E-state index in [-0.39, 0.29) is 6.10 Å². The van der Waals surface area contributed by atoms with Gasteiger partial charge in [0.05, 0.1) is 18.9 Å². The maximum absolute atomic E-state index is 9.79. The van der Waals surface area contributed by atoms with Crippen molar-refractivity contribution in [1.82, 2.24) is 0 Å². The molecule has 0 radical (unpaired) electrons. The second-order valence-corrected chi connectivity index (χ2v) is 5.93. The second-order valence-electron chi connectivity index (χ2n) is 5.93. The highest BCUT2D eigenvalue weighted by atomic mass is 16.5. The quantitative estimate of drug-likeness (QED) is 0.830. The summed E-state index contributed by atoms with van der Waals surface area (Å²) in [5.74, 6) is 1.53. The molecule has 1 aliphatic carbocycles. The van der Waals surface area contributed by atoms with Crippen LogP contribution in [0.1, 0.15) is 45.4 Å². The summed E-state index contributed by atoms with van der Waals surface area (Å²) in [4.78, 5) is 0. The molecule has 0 spiro atoms. The zero-order valence-electron chi connectivity index (χ0n) is 12.6. The first-order chi connectivity index (χ1) is 9.70. The van der Waals surface area contributed by atoms with Gasteiger partial charge in [0.25, 0.3) is 0 Å². The zero-order chi connectivity index (χ0) is 14.4. The van der Waals surface area contributed by atoms with Gasteiger partial charge in [-0.2, -0.15) is 0 Å². The molecule has 2 atom stereocenters. The van der Waals surface area contributed by atoms with E-state index in [4.69, 9.17) is 4.74 Å². The molecule has 1 aromatic carbocycles. The number of aliphatic hydroxyl groups excluding tert-OH is 1. The van der Waals surface area contributed by atoms with Gasteiger partial charge in [-0.05, 0) is 44.2 Å². The van der Waals surface area contributed by atoms with Gasteiger partial charge in [0.1, 0.15) is 5.75 Å². The number of rotatable bonds is 6. The molecule has 3 heteroatoms. The Morgan fingerprint density at radius 2 is 1.95 bits per heavy atom. The van der Waals surface area contributed by atoms with E-state index in [0.717, 1.165) is 17.9 Å². The largest absolute Gasteiger partial charge is 0.495 e. The monoisotopic (exact) mass is 277 g/mol. The molecule has 0 amide bonds. The number of methoxy groups -OCH3 is 1. The van der Waals surface area contributed by atoms with E-state index < -0.39 is 0 Å². The molecule has 0 bridgehead atoms. The predicted molar refractivity (Wildman–Crippen MR) is 83.3 cm³/mol. The number of para-hydroxylation sites is 2. The van der Waals surface area contributed by atoms with Crippen LogP contribution < -0.4 is 10.1 Å². The summed E-state index contributed by atoms with van der Waals surface area (Å²) in [6.45, 7) is 1.87. The van der Waals surface area contributed by atoms with Gasteiger partial charge in [0, 0.05) is 6.04 Å². The molecule has 1 fully saturated rings. The van der Waals surface area contributed by atoms with Gasteiger partial charge in [0.2, 0.25) is 0 Å². The molecule has 3 nitrogen and oxygen atoms in total. The van der Waals surface area contributed by atoms with Gasteiger partial charge in [-0.15, -0.1) is 0 Å². The average molecular weight is 277 g/mol. The van der Waals surface area contributed by atoms with Gasteiger partial charge in [0.15, 0.2) is 0 Å². The fraction of sp³-hybridized carbons (Fsp3) is 0.647.